The summed E-state index contributed by atoms with van der Waals surface area (Å²) in [6, 6.07) is 16.6. The number of nitrogens with two attached hydrogens (primary N) is 1. The lowest BCUT2D eigenvalue weighted by molar-refractivity contribution is -0.00151. The number of rotatable bonds is 7. The van der Waals surface area contributed by atoms with Crippen molar-refractivity contribution in [1.29, 1.82) is 0 Å². The first-order valence-corrected chi connectivity index (χ1v) is 7.01. The molecule has 0 aliphatic carbocycles. The van der Waals surface area contributed by atoms with E-state index in [9.17, 15) is 5.11 Å². The van der Waals surface area contributed by atoms with Crippen LogP contribution in [-0.4, -0.2) is 24.9 Å². The Morgan fingerprint density at radius 1 is 1.00 bits per heavy atom. The number of ether oxygens (including phenoxy) is 2. The third-order valence-electron chi connectivity index (χ3n) is 3.24. The van der Waals surface area contributed by atoms with Crippen molar-refractivity contribution in [2.75, 3.05) is 19.8 Å². The van der Waals surface area contributed by atoms with Gasteiger partial charge in [0.15, 0.2) is 0 Å². The van der Waals surface area contributed by atoms with Crippen molar-refractivity contribution in [3.8, 4) is 11.5 Å². The summed E-state index contributed by atoms with van der Waals surface area (Å²) >= 11 is 0. The van der Waals surface area contributed by atoms with Crippen molar-refractivity contribution < 1.29 is 14.6 Å². The molecule has 0 spiro atoms. The monoisotopic (exact) mass is 287 g/mol. The van der Waals surface area contributed by atoms with Gasteiger partial charge in [-0.15, -0.1) is 0 Å². The molecule has 1 unspecified atom stereocenters. The van der Waals surface area contributed by atoms with Crippen LogP contribution in [0.4, 0.5) is 0 Å². The fourth-order valence-corrected chi connectivity index (χ4v) is 2.03. The van der Waals surface area contributed by atoms with E-state index in [0.717, 1.165) is 11.3 Å². The molecule has 0 heterocycles. The quantitative estimate of drug-likeness (QED) is 0.820. The van der Waals surface area contributed by atoms with Crippen LogP contribution in [0.2, 0.25) is 0 Å². The Hall–Kier alpha value is -2.04. The van der Waals surface area contributed by atoms with Gasteiger partial charge in [0.1, 0.15) is 23.7 Å². The van der Waals surface area contributed by atoms with E-state index in [1.807, 2.05) is 55.5 Å². The molecule has 21 heavy (non-hydrogen) atoms. The molecule has 1 atom stereocenters. The summed E-state index contributed by atoms with van der Waals surface area (Å²) in [5.74, 6) is 1.38. The zero-order valence-electron chi connectivity index (χ0n) is 12.2. The predicted octanol–water partition coefficient (Wildman–Crippen LogP) is 2.31. The minimum atomic E-state index is -1.21. The molecule has 0 aliphatic heterocycles. The first-order valence-electron chi connectivity index (χ1n) is 7.01. The Balaban J connectivity index is 2.08. The van der Waals surface area contributed by atoms with Gasteiger partial charge in [-0.2, -0.15) is 0 Å². The second kappa shape index (κ2) is 7.11. The van der Waals surface area contributed by atoms with Crippen molar-refractivity contribution in [2.45, 2.75) is 12.5 Å². The van der Waals surface area contributed by atoms with Crippen molar-refractivity contribution >= 4 is 0 Å². The number of aliphatic hydroxyl groups is 1. The van der Waals surface area contributed by atoms with Gasteiger partial charge in [0.05, 0.1) is 6.61 Å². The molecule has 0 saturated carbocycles. The molecule has 3 N–H and O–H groups in total. The lowest BCUT2D eigenvalue weighted by Crippen LogP contribution is -2.40. The molecular weight excluding hydrogens is 266 g/mol. The summed E-state index contributed by atoms with van der Waals surface area (Å²) in [4.78, 5) is 0. The highest BCUT2D eigenvalue weighted by atomic mass is 16.5. The standard InChI is InChI=1S/C17H21NO3/c1-2-20-15-9-6-10-16(11-15)21-13-17(19,12-18)14-7-4-3-5-8-14/h3-11,19H,2,12-13,18H2,1H3. The summed E-state index contributed by atoms with van der Waals surface area (Å²) < 4.78 is 11.1. The van der Waals surface area contributed by atoms with Crippen molar-refractivity contribution in [1.82, 2.24) is 0 Å². The second-order valence-corrected chi connectivity index (χ2v) is 4.80. The molecule has 2 aromatic carbocycles. The third-order valence-corrected chi connectivity index (χ3v) is 3.24. The first kappa shape index (κ1) is 15.4. The van der Waals surface area contributed by atoms with Gasteiger partial charge in [-0.05, 0) is 24.6 Å². The van der Waals surface area contributed by atoms with E-state index in [0.29, 0.717) is 12.4 Å². The van der Waals surface area contributed by atoms with E-state index in [1.165, 1.54) is 0 Å². The molecule has 2 rings (SSSR count). The molecule has 4 nitrogen and oxygen atoms in total. The molecule has 4 heteroatoms. The van der Waals surface area contributed by atoms with Gasteiger partial charge >= 0.3 is 0 Å². The van der Waals surface area contributed by atoms with Crippen LogP contribution in [0.1, 0.15) is 12.5 Å². The SMILES string of the molecule is CCOc1cccc(OCC(O)(CN)c2ccccc2)c1. The minimum absolute atomic E-state index is 0.0855. The molecule has 0 aromatic heterocycles. The third kappa shape index (κ3) is 3.97. The molecule has 112 valence electrons. The van der Waals surface area contributed by atoms with Gasteiger partial charge in [0.2, 0.25) is 0 Å². The fourth-order valence-electron chi connectivity index (χ4n) is 2.03. The van der Waals surface area contributed by atoms with Crippen LogP contribution < -0.4 is 15.2 Å². The molecule has 0 aliphatic rings. The highest BCUT2D eigenvalue weighted by Crippen LogP contribution is 2.24. The Bertz CT molecular complexity index is 559. The maximum atomic E-state index is 10.6. The lowest BCUT2D eigenvalue weighted by atomic mass is 9.95. The van der Waals surface area contributed by atoms with Gasteiger partial charge in [-0.3, -0.25) is 0 Å². The Kier molecular flexibility index (Phi) is 5.20. The van der Waals surface area contributed by atoms with Crippen LogP contribution in [0.25, 0.3) is 0 Å². The maximum absolute atomic E-state index is 10.6. The lowest BCUT2D eigenvalue weighted by Gasteiger charge is -2.27. The summed E-state index contributed by atoms with van der Waals surface area (Å²) in [6.07, 6.45) is 0. The topological polar surface area (TPSA) is 64.7 Å². The van der Waals surface area contributed by atoms with E-state index >= 15 is 0 Å². The fraction of sp³-hybridized carbons (Fsp3) is 0.294. The van der Waals surface area contributed by atoms with Crippen LogP contribution in [0.5, 0.6) is 11.5 Å². The average Bonchev–Trinajstić information content (AvgIpc) is 2.54. The highest BCUT2D eigenvalue weighted by Gasteiger charge is 2.28. The molecule has 0 amide bonds. The molecule has 0 bridgehead atoms. The predicted molar refractivity (Wildman–Crippen MR) is 82.5 cm³/mol. The Morgan fingerprint density at radius 3 is 2.29 bits per heavy atom. The van der Waals surface area contributed by atoms with Crippen molar-refractivity contribution in [3.05, 3.63) is 60.2 Å². The van der Waals surface area contributed by atoms with Gasteiger partial charge in [0, 0.05) is 12.6 Å². The summed E-state index contributed by atoms with van der Waals surface area (Å²) in [7, 11) is 0. The van der Waals surface area contributed by atoms with Gasteiger partial charge in [0.25, 0.3) is 0 Å². The summed E-state index contributed by atoms with van der Waals surface area (Å²) in [6.45, 7) is 2.70. The zero-order valence-corrected chi connectivity index (χ0v) is 12.2. The average molecular weight is 287 g/mol. The number of hydrogen-bond acceptors (Lipinski definition) is 4. The first-order chi connectivity index (χ1) is 10.2. The Morgan fingerprint density at radius 2 is 1.67 bits per heavy atom. The zero-order chi connectivity index (χ0) is 15.1. The van der Waals surface area contributed by atoms with E-state index in [2.05, 4.69) is 0 Å². The highest BCUT2D eigenvalue weighted by molar-refractivity contribution is 5.33. The summed E-state index contributed by atoms with van der Waals surface area (Å²) in [5, 5.41) is 10.6. The van der Waals surface area contributed by atoms with Crippen LogP contribution in [-0.2, 0) is 5.60 Å². The van der Waals surface area contributed by atoms with Gasteiger partial charge in [-0.25, -0.2) is 0 Å². The molecule has 0 fully saturated rings. The molecular formula is C17H21NO3. The van der Waals surface area contributed by atoms with Crippen LogP contribution in [0.15, 0.2) is 54.6 Å². The van der Waals surface area contributed by atoms with Crippen LogP contribution in [0, 0.1) is 0 Å². The molecule has 2 aromatic rings. The van der Waals surface area contributed by atoms with E-state index in [4.69, 9.17) is 15.2 Å². The van der Waals surface area contributed by atoms with Gasteiger partial charge in [-0.1, -0.05) is 36.4 Å². The van der Waals surface area contributed by atoms with Crippen LogP contribution in [0.3, 0.4) is 0 Å². The number of hydrogen-bond donors (Lipinski definition) is 2. The minimum Gasteiger partial charge on any atom is -0.494 e. The largest absolute Gasteiger partial charge is 0.494 e. The molecule has 0 radical (unpaired) electrons. The van der Waals surface area contributed by atoms with E-state index in [-0.39, 0.29) is 13.2 Å². The maximum Gasteiger partial charge on any atom is 0.136 e. The van der Waals surface area contributed by atoms with Gasteiger partial charge < -0.3 is 20.3 Å². The summed E-state index contributed by atoms with van der Waals surface area (Å²) in [5.41, 5.74) is 5.26. The number of benzene rings is 2. The second-order valence-electron chi connectivity index (χ2n) is 4.80. The van der Waals surface area contributed by atoms with Crippen molar-refractivity contribution in [2.24, 2.45) is 5.73 Å². The van der Waals surface area contributed by atoms with Crippen LogP contribution >= 0.6 is 0 Å². The van der Waals surface area contributed by atoms with Crippen molar-refractivity contribution in [3.63, 3.8) is 0 Å². The molecule has 0 saturated heterocycles. The normalized spacial score (nSPS) is 13.5. The smallest absolute Gasteiger partial charge is 0.136 e. The van der Waals surface area contributed by atoms with E-state index in [1.54, 1.807) is 6.07 Å². The van der Waals surface area contributed by atoms with E-state index < -0.39 is 5.60 Å². The Labute approximate surface area is 125 Å².